The second-order valence-corrected chi connectivity index (χ2v) is 4.21. The number of nitro benzene ring substituents is 1. The zero-order chi connectivity index (χ0) is 15.1. The van der Waals surface area contributed by atoms with E-state index in [2.05, 4.69) is 5.32 Å². The van der Waals surface area contributed by atoms with Crippen LogP contribution < -0.4 is 10.2 Å². The highest BCUT2D eigenvalue weighted by Crippen LogP contribution is 2.23. The highest BCUT2D eigenvalue weighted by molar-refractivity contribution is 5.85. The van der Waals surface area contributed by atoms with Crippen LogP contribution in [0.15, 0.2) is 18.2 Å². The molecule has 0 saturated heterocycles. The number of nitrogens with one attached hydrogen (secondary N) is 1. The highest BCUT2D eigenvalue weighted by Gasteiger charge is 2.17. The molecule has 0 saturated carbocycles. The average Bonchev–Trinajstić information content (AvgIpc) is 2.45. The van der Waals surface area contributed by atoms with Gasteiger partial charge in [0.1, 0.15) is 0 Å². The Kier molecular flexibility index (Phi) is 5.64. The first kappa shape index (κ1) is 15.6. The molecule has 20 heavy (non-hydrogen) atoms. The topological polar surface area (TPSA) is 92.6 Å². The van der Waals surface area contributed by atoms with Gasteiger partial charge in [-0.25, -0.2) is 0 Å². The molecule has 0 radical (unpaired) electrons. The average molecular weight is 279 g/mol. The van der Waals surface area contributed by atoms with Crippen molar-refractivity contribution in [2.24, 2.45) is 0 Å². The summed E-state index contributed by atoms with van der Waals surface area (Å²) >= 11 is 0. The van der Waals surface area contributed by atoms with Gasteiger partial charge in [-0.2, -0.15) is 0 Å². The zero-order valence-electron chi connectivity index (χ0n) is 11.5. The van der Waals surface area contributed by atoms with Gasteiger partial charge >= 0.3 is 0 Å². The van der Waals surface area contributed by atoms with E-state index in [-0.39, 0.29) is 23.7 Å². The van der Waals surface area contributed by atoms with E-state index >= 15 is 0 Å². The number of rotatable bonds is 7. The summed E-state index contributed by atoms with van der Waals surface area (Å²) in [5.74, 6) is -0.163. The number of hydrogen-bond acceptors (Lipinski definition) is 5. The number of nitro groups is 1. The van der Waals surface area contributed by atoms with E-state index in [1.54, 1.807) is 18.0 Å². The second kappa shape index (κ2) is 7.22. The van der Waals surface area contributed by atoms with Crippen molar-refractivity contribution < 1.29 is 14.5 Å². The molecule has 0 aliphatic rings. The normalized spacial score (nSPS) is 9.90. The summed E-state index contributed by atoms with van der Waals surface area (Å²) in [6, 6.07) is 4.26. The zero-order valence-corrected chi connectivity index (χ0v) is 11.5. The number of benzene rings is 1. The van der Waals surface area contributed by atoms with Gasteiger partial charge in [0, 0.05) is 25.3 Å². The van der Waals surface area contributed by atoms with Crippen LogP contribution in [-0.2, 0) is 4.79 Å². The van der Waals surface area contributed by atoms with E-state index in [0.717, 1.165) is 6.42 Å². The molecule has 1 amide bonds. The lowest BCUT2D eigenvalue weighted by Crippen LogP contribution is -2.36. The second-order valence-electron chi connectivity index (χ2n) is 4.21. The Bertz CT molecular complexity index is 516. The quantitative estimate of drug-likeness (QED) is 0.462. The molecule has 1 aromatic carbocycles. The largest absolute Gasteiger partial charge is 0.362 e. The number of hydrogen-bond donors (Lipinski definition) is 1. The highest BCUT2D eigenvalue weighted by atomic mass is 16.6. The van der Waals surface area contributed by atoms with Crippen molar-refractivity contribution in [3.63, 3.8) is 0 Å². The van der Waals surface area contributed by atoms with Crippen LogP contribution in [0.4, 0.5) is 11.4 Å². The van der Waals surface area contributed by atoms with Crippen LogP contribution in [0.1, 0.15) is 23.7 Å². The van der Waals surface area contributed by atoms with E-state index in [9.17, 15) is 19.7 Å². The van der Waals surface area contributed by atoms with Crippen LogP contribution in [0.5, 0.6) is 0 Å². The van der Waals surface area contributed by atoms with E-state index < -0.39 is 4.92 Å². The van der Waals surface area contributed by atoms with Crippen molar-refractivity contribution in [1.29, 1.82) is 0 Å². The van der Waals surface area contributed by atoms with Crippen molar-refractivity contribution in [3.8, 4) is 0 Å². The molecule has 0 unspecified atom stereocenters. The number of anilines is 1. The molecule has 0 aliphatic carbocycles. The Balaban J connectivity index is 3.10. The fourth-order valence-electron chi connectivity index (χ4n) is 1.82. The molecule has 0 fully saturated rings. The lowest BCUT2D eigenvalue weighted by molar-refractivity contribution is -0.385. The first-order valence-electron chi connectivity index (χ1n) is 6.22. The minimum Gasteiger partial charge on any atom is -0.362 e. The molecular weight excluding hydrogens is 262 g/mol. The molecule has 0 aromatic heterocycles. The summed E-state index contributed by atoms with van der Waals surface area (Å²) in [6.07, 6.45) is 1.26. The number of carbonyl (C=O) groups excluding carboxylic acids is 2. The fraction of sp³-hybridized carbons (Fsp3) is 0.385. The minimum absolute atomic E-state index is 0.00510. The van der Waals surface area contributed by atoms with E-state index in [1.165, 1.54) is 12.1 Å². The number of amides is 1. The predicted molar refractivity (Wildman–Crippen MR) is 75.1 cm³/mol. The van der Waals surface area contributed by atoms with E-state index in [1.807, 2.05) is 6.92 Å². The summed E-state index contributed by atoms with van der Waals surface area (Å²) in [4.78, 5) is 34.4. The molecule has 0 atom stereocenters. The maximum absolute atomic E-state index is 11.5. The number of aldehydes is 1. The third kappa shape index (κ3) is 3.78. The van der Waals surface area contributed by atoms with Crippen LogP contribution in [0.2, 0.25) is 0 Å². The summed E-state index contributed by atoms with van der Waals surface area (Å²) in [7, 11) is 1.54. The molecule has 0 spiro atoms. The van der Waals surface area contributed by atoms with Gasteiger partial charge in [0.15, 0.2) is 6.29 Å². The maximum Gasteiger partial charge on any atom is 0.280 e. The van der Waals surface area contributed by atoms with Gasteiger partial charge in [0.05, 0.1) is 17.0 Å². The Morgan fingerprint density at radius 2 is 2.20 bits per heavy atom. The standard InChI is InChI=1S/C13H17N3O4/c1-3-6-15(8-13(18)14-2)11-4-5-12(16(19)20)10(7-11)9-17/h4-5,7,9H,3,6,8H2,1-2H3,(H,14,18). The molecule has 1 rings (SSSR count). The SMILES string of the molecule is CCCN(CC(=O)NC)c1ccc([N+](=O)[O-])c(C=O)c1. The van der Waals surface area contributed by atoms with Gasteiger partial charge < -0.3 is 10.2 Å². The van der Waals surface area contributed by atoms with Crippen LogP contribution in [0.25, 0.3) is 0 Å². The smallest absolute Gasteiger partial charge is 0.280 e. The van der Waals surface area contributed by atoms with Gasteiger partial charge in [0.2, 0.25) is 5.91 Å². The molecule has 1 N–H and O–H groups in total. The van der Waals surface area contributed by atoms with Gasteiger partial charge in [-0.05, 0) is 18.6 Å². The van der Waals surface area contributed by atoms with Crippen molar-refractivity contribution >= 4 is 23.6 Å². The van der Waals surface area contributed by atoms with Crippen LogP contribution >= 0.6 is 0 Å². The Morgan fingerprint density at radius 1 is 1.50 bits per heavy atom. The fourth-order valence-corrected chi connectivity index (χ4v) is 1.82. The van der Waals surface area contributed by atoms with Gasteiger partial charge in [0.25, 0.3) is 5.69 Å². The van der Waals surface area contributed by atoms with Crippen molar-refractivity contribution in [2.75, 3.05) is 25.0 Å². The Morgan fingerprint density at radius 3 is 2.70 bits per heavy atom. The predicted octanol–water partition coefficient (Wildman–Crippen LogP) is 1.37. The number of carbonyl (C=O) groups is 2. The van der Waals surface area contributed by atoms with Gasteiger partial charge in [-0.1, -0.05) is 6.92 Å². The molecule has 7 nitrogen and oxygen atoms in total. The van der Waals surface area contributed by atoms with Crippen LogP contribution in [0, 0.1) is 10.1 Å². The van der Waals surface area contributed by atoms with Crippen LogP contribution in [0.3, 0.4) is 0 Å². The van der Waals surface area contributed by atoms with Gasteiger partial charge in [-0.3, -0.25) is 19.7 Å². The van der Waals surface area contributed by atoms with Crippen molar-refractivity contribution in [1.82, 2.24) is 5.32 Å². The maximum atomic E-state index is 11.5. The Hall–Kier alpha value is -2.44. The molecule has 0 heterocycles. The number of nitrogens with zero attached hydrogens (tertiary/aromatic N) is 2. The molecule has 0 bridgehead atoms. The molecule has 108 valence electrons. The monoisotopic (exact) mass is 279 g/mol. The lowest BCUT2D eigenvalue weighted by Gasteiger charge is -2.23. The third-order valence-electron chi connectivity index (χ3n) is 2.81. The lowest BCUT2D eigenvalue weighted by atomic mass is 10.1. The minimum atomic E-state index is -0.601. The summed E-state index contributed by atoms with van der Waals surface area (Å²) in [5, 5.41) is 13.3. The van der Waals surface area contributed by atoms with E-state index in [0.29, 0.717) is 18.5 Å². The summed E-state index contributed by atoms with van der Waals surface area (Å²) in [6.45, 7) is 2.72. The molecule has 7 heteroatoms. The summed E-state index contributed by atoms with van der Waals surface area (Å²) in [5.41, 5.74) is 0.383. The van der Waals surface area contributed by atoms with E-state index in [4.69, 9.17) is 0 Å². The Labute approximate surface area is 116 Å². The molecular formula is C13H17N3O4. The number of likely N-dealkylation sites (N-methyl/N-ethyl adjacent to an activating group) is 1. The molecule has 1 aromatic rings. The first-order valence-corrected chi connectivity index (χ1v) is 6.22. The third-order valence-corrected chi connectivity index (χ3v) is 2.81. The molecule has 0 aliphatic heterocycles. The first-order chi connectivity index (χ1) is 9.53. The van der Waals surface area contributed by atoms with Crippen molar-refractivity contribution in [3.05, 3.63) is 33.9 Å². The van der Waals surface area contributed by atoms with Gasteiger partial charge in [-0.15, -0.1) is 0 Å². The van der Waals surface area contributed by atoms with Crippen molar-refractivity contribution in [2.45, 2.75) is 13.3 Å². The summed E-state index contributed by atoms with van der Waals surface area (Å²) < 4.78 is 0. The van der Waals surface area contributed by atoms with Crippen LogP contribution in [-0.4, -0.2) is 37.3 Å².